The molecule has 0 aromatic heterocycles. The zero-order valence-electron chi connectivity index (χ0n) is 15.5. The summed E-state index contributed by atoms with van der Waals surface area (Å²) >= 11 is 6.15. The number of carbonyl (C=O) groups is 1. The van der Waals surface area contributed by atoms with Gasteiger partial charge in [0.15, 0.2) is 6.10 Å². The summed E-state index contributed by atoms with van der Waals surface area (Å²) in [6.45, 7) is 3.58. The topological polar surface area (TPSA) is 67.6 Å². The van der Waals surface area contributed by atoms with E-state index in [1.54, 1.807) is 19.1 Å². The summed E-state index contributed by atoms with van der Waals surface area (Å²) in [6, 6.07) is 4.48. The molecule has 140 valence electrons. The molecular formula is C20H26ClN3O2. The third-order valence-electron chi connectivity index (χ3n) is 5.43. The predicted molar refractivity (Wildman–Crippen MR) is 104 cm³/mol. The van der Waals surface area contributed by atoms with Crippen LogP contribution in [0.15, 0.2) is 12.1 Å². The van der Waals surface area contributed by atoms with Crippen molar-refractivity contribution < 1.29 is 9.53 Å². The second-order valence-corrected chi connectivity index (χ2v) is 7.62. The molecule has 3 rings (SSSR count). The van der Waals surface area contributed by atoms with Gasteiger partial charge in [0.1, 0.15) is 5.75 Å². The highest BCUT2D eigenvalue weighted by Crippen LogP contribution is 2.35. The van der Waals surface area contributed by atoms with E-state index in [0.717, 1.165) is 12.8 Å². The normalized spacial score (nSPS) is 25.9. The van der Waals surface area contributed by atoms with Crippen molar-refractivity contribution in [3.8, 4) is 17.6 Å². The van der Waals surface area contributed by atoms with Gasteiger partial charge in [-0.25, -0.2) is 0 Å². The number of halogens is 1. The van der Waals surface area contributed by atoms with Gasteiger partial charge < -0.3 is 20.7 Å². The molecule has 2 aliphatic heterocycles. The second kappa shape index (κ2) is 7.77. The van der Waals surface area contributed by atoms with Crippen LogP contribution >= 0.6 is 11.6 Å². The fourth-order valence-electron chi connectivity index (χ4n) is 4.06. The zero-order chi connectivity index (χ0) is 18.8. The van der Waals surface area contributed by atoms with E-state index in [4.69, 9.17) is 22.1 Å². The molecule has 2 heterocycles. The fourth-order valence-corrected chi connectivity index (χ4v) is 4.22. The number of hydrogen-bond donors (Lipinski definition) is 2. The molecule has 6 heteroatoms. The molecule has 0 saturated carbocycles. The third-order valence-corrected chi connectivity index (χ3v) is 5.76. The minimum absolute atomic E-state index is 0.174. The van der Waals surface area contributed by atoms with Crippen molar-refractivity contribution >= 4 is 23.2 Å². The average Bonchev–Trinajstić information content (AvgIpc) is 2.80. The second-order valence-electron chi connectivity index (χ2n) is 7.22. The highest BCUT2D eigenvalue weighted by Gasteiger charge is 2.39. The maximum absolute atomic E-state index is 12.9. The Morgan fingerprint density at radius 2 is 2.04 bits per heavy atom. The lowest BCUT2D eigenvalue weighted by molar-refractivity contribution is 0.0878. The predicted octanol–water partition coefficient (Wildman–Crippen LogP) is 3.07. The van der Waals surface area contributed by atoms with Crippen LogP contribution in [0.3, 0.4) is 0 Å². The van der Waals surface area contributed by atoms with Crippen molar-refractivity contribution in [1.29, 1.82) is 0 Å². The molecule has 2 aliphatic rings. The number of amides is 1. The van der Waals surface area contributed by atoms with Crippen LogP contribution in [0.2, 0.25) is 5.02 Å². The molecule has 4 atom stereocenters. The van der Waals surface area contributed by atoms with Crippen LogP contribution < -0.4 is 15.8 Å². The molecule has 1 aromatic rings. The van der Waals surface area contributed by atoms with Gasteiger partial charge in [-0.05, 0) is 52.6 Å². The van der Waals surface area contributed by atoms with E-state index in [9.17, 15) is 4.79 Å². The van der Waals surface area contributed by atoms with Crippen molar-refractivity contribution in [3.63, 3.8) is 0 Å². The Hall–Kier alpha value is -1.90. The zero-order valence-corrected chi connectivity index (χ0v) is 16.3. The molecule has 26 heavy (non-hydrogen) atoms. The fraction of sp³-hybridized carbons (Fsp3) is 0.550. The molecule has 0 radical (unpaired) electrons. The number of nitrogen functional groups attached to an aromatic ring is 1. The van der Waals surface area contributed by atoms with Crippen LogP contribution in [-0.2, 0) is 0 Å². The molecule has 1 aromatic carbocycles. The smallest absolute Gasteiger partial charge is 0.255 e. The first-order chi connectivity index (χ1) is 12.4. The lowest BCUT2D eigenvalue weighted by Gasteiger charge is -2.36. The Kier molecular flexibility index (Phi) is 5.64. The summed E-state index contributed by atoms with van der Waals surface area (Å²) in [7, 11) is 2.18. The van der Waals surface area contributed by atoms with Gasteiger partial charge in [-0.1, -0.05) is 17.5 Å². The van der Waals surface area contributed by atoms with E-state index in [1.807, 2.05) is 6.92 Å². The summed E-state index contributed by atoms with van der Waals surface area (Å²) in [4.78, 5) is 15.4. The minimum atomic E-state index is -0.341. The Morgan fingerprint density at radius 3 is 2.65 bits per heavy atom. The molecule has 3 N–H and O–H groups in total. The molecule has 5 nitrogen and oxygen atoms in total. The standard InChI is InChI=1S/C20H26ClN3O2/c1-4-5-12(2)26-19-11-18(22)17(21)10-16(19)20(25)23-13-8-14-6-7-15(9-13)24(14)3/h10-15H,6-9,22H2,1-3H3,(H,23,25)/t12-,13-,14+,15-/m0/s1. The number of nitrogens with zero attached hydrogens (tertiary/aromatic N) is 1. The van der Waals surface area contributed by atoms with Gasteiger partial charge in [-0.2, -0.15) is 0 Å². The number of nitrogens with one attached hydrogen (secondary N) is 1. The maximum atomic E-state index is 12.9. The summed E-state index contributed by atoms with van der Waals surface area (Å²) < 4.78 is 5.82. The number of hydrogen-bond acceptors (Lipinski definition) is 4. The average molecular weight is 376 g/mol. The van der Waals surface area contributed by atoms with Crippen LogP contribution in [0.1, 0.15) is 49.9 Å². The minimum Gasteiger partial charge on any atom is -0.477 e. The van der Waals surface area contributed by atoms with Gasteiger partial charge in [-0.15, -0.1) is 5.92 Å². The largest absolute Gasteiger partial charge is 0.477 e. The Bertz CT molecular complexity index is 741. The Labute approximate surface area is 160 Å². The van der Waals surface area contributed by atoms with E-state index >= 15 is 0 Å². The Balaban J connectivity index is 1.77. The van der Waals surface area contributed by atoms with Crippen molar-refractivity contribution in [2.45, 2.75) is 63.8 Å². The number of carbonyl (C=O) groups excluding carboxylic acids is 1. The van der Waals surface area contributed by atoms with Crippen LogP contribution in [0.25, 0.3) is 0 Å². The lowest BCUT2D eigenvalue weighted by atomic mass is 9.97. The lowest BCUT2D eigenvalue weighted by Crippen LogP contribution is -2.48. The number of piperidine rings is 1. The van der Waals surface area contributed by atoms with Gasteiger partial charge in [0, 0.05) is 24.2 Å². The number of ether oxygens (including phenoxy) is 1. The third kappa shape index (κ3) is 3.92. The number of anilines is 1. The molecule has 2 fully saturated rings. The van der Waals surface area contributed by atoms with Gasteiger partial charge >= 0.3 is 0 Å². The summed E-state index contributed by atoms with van der Waals surface area (Å²) in [6.07, 6.45) is 4.04. The van der Waals surface area contributed by atoms with E-state index < -0.39 is 0 Å². The van der Waals surface area contributed by atoms with Crippen molar-refractivity contribution in [1.82, 2.24) is 10.2 Å². The van der Waals surface area contributed by atoms with Gasteiger partial charge in [0.25, 0.3) is 5.91 Å². The number of nitrogens with two attached hydrogens (primary N) is 1. The van der Waals surface area contributed by atoms with Crippen LogP contribution in [0.4, 0.5) is 5.69 Å². The SMILES string of the molecule is CC#C[C@H](C)Oc1cc(N)c(Cl)cc1C(=O)N[C@H]1C[C@H]2CC[C@@H](C1)N2C. The highest BCUT2D eigenvalue weighted by molar-refractivity contribution is 6.33. The van der Waals surface area contributed by atoms with Crippen LogP contribution in [0, 0.1) is 11.8 Å². The van der Waals surface area contributed by atoms with E-state index in [0.29, 0.717) is 34.1 Å². The summed E-state index contributed by atoms with van der Waals surface area (Å²) in [5.41, 5.74) is 6.68. The molecular weight excluding hydrogens is 350 g/mol. The number of benzene rings is 1. The Morgan fingerprint density at radius 1 is 1.38 bits per heavy atom. The van der Waals surface area contributed by atoms with Crippen LogP contribution in [0.5, 0.6) is 5.75 Å². The number of rotatable bonds is 4. The van der Waals surface area contributed by atoms with Crippen LogP contribution in [-0.4, -0.2) is 42.1 Å². The molecule has 0 spiro atoms. The van der Waals surface area contributed by atoms with Crippen molar-refractivity contribution in [3.05, 3.63) is 22.7 Å². The molecule has 0 aliphatic carbocycles. The summed E-state index contributed by atoms with van der Waals surface area (Å²) in [5, 5.41) is 3.52. The molecule has 0 unspecified atom stereocenters. The van der Waals surface area contributed by atoms with E-state index in [1.165, 1.54) is 12.8 Å². The van der Waals surface area contributed by atoms with E-state index in [-0.39, 0.29) is 18.1 Å². The van der Waals surface area contributed by atoms with Gasteiger partial charge in [0.05, 0.1) is 16.3 Å². The monoisotopic (exact) mass is 375 g/mol. The molecule has 2 saturated heterocycles. The first kappa shape index (κ1) is 18.9. The first-order valence-electron chi connectivity index (χ1n) is 9.09. The number of fused-ring (bicyclic) bond motifs is 2. The molecule has 1 amide bonds. The van der Waals surface area contributed by atoms with E-state index in [2.05, 4.69) is 29.1 Å². The quantitative estimate of drug-likeness (QED) is 0.627. The molecule has 2 bridgehead atoms. The highest BCUT2D eigenvalue weighted by atomic mass is 35.5. The maximum Gasteiger partial charge on any atom is 0.255 e. The van der Waals surface area contributed by atoms with Gasteiger partial charge in [0.2, 0.25) is 0 Å². The summed E-state index contributed by atoms with van der Waals surface area (Å²) in [5.74, 6) is 5.97. The van der Waals surface area contributed by atoms with Crippen molar-refractivity contribution in [2.75, 3.05) is 12.8 Å². The van der Waals surface area contributed by atoms with Crippen molar-refractivity contribution in [2.24, 2.45) is 0 Å². The van der Waals surface area contributed by atoms with Gasteiger partial charge in [-0.3, -0.25) is 4.79 Å². The first-order valence-corrected chi connectivity index (χ1v) is 9.47.